The van der Waals surface area contributed by atoms with Crippen molar-refractivity contribution >= 4 is 28.8 Å². The minimum Gasteiger partial charge on any atom is -0.353 e. The zero-order valence-corrected chi connectivity index (χ0v) is 17.3. The number of nitrogens with zero attached hydrogens (tertiary/aromatic N) is 4. The number of amides is 2. The number of rotatable bonds is 7. The average molecular weight is 421 g/mol. The van der Waals surface area contributed by atoms with Gasteiger partial charge in [0.25, 0.3) is 5.91 Å². The quantitative estimate of drug-likeness (QED) is 0.707. The molecule has 1 fully saturated rings. The summed E-state index contributed by atoms with van der Waals surface area (Å²) in [5, 5.41) is 14.7. The molecular weight excluding hydrogens is 395 g/mol. The molecule has 0 atom stereocenters. The van der Waals surface area contributed by atoms with Gasteiger partial charge in [-0.2, -0.15) is 0 Å². The molecule has 0 spiro atoms. The van der Waals surface area contributed by atoms with Crippen molar-refractivity contribution in [2.45, 2.75) is 26.4 Å². The summed E-state index contributed by atoms with van der Waals surface area (Å²) < 4.78 is 12.9. The number of hydrogen-bond acceptors (Lipinski definition) is 7. The van der Waals surface area contributed by atoms with Crippen LogP contribution in [0.1, 0.15) is 28.7 Å². The zero-order chi connectivity index (χ0) is 20.8. The van der Waals surface area contributed by atoms with Gasteiger partial charge in [-0.05, 0) is 38.1 Å². The predicted molar refractivity (Wildman–Crippen MR) is 109 cm³/mol. The Balaban J connectivity index is 1.45. The first kappa shape index (κ1) is 21.3. The Hall–Kier alpha value is -2.43. The van der Waals surface area contributed by atoms with Crippen molar-refractivity contribution < 1.29 is 14.0 Å². The molecule has 1 saturated heterocycles. The molecule has 10 heteroatoms. The molecule has 156 valence electrons. The van der Waals surface area contributed by atoms with Crippen LogP contribution in [0.3, 0.4) is 0 Å². The molecule has 0 saturated carbocycles. The van der Waals surface area contributed by atoms with Gasteiger partial charge in [-0.3, -0.25) is 19.4 Å². The third-order valence-corrected chi connectivity index (χ3v) is 5.31. The van der Waals surface area contributed by atoms with Crippen molar-refractivity contribution in [2.75, 3.05) is 38.0 Å². The van der Waals surface area contributed by atoms with Gasteiger partial charge in [0.05, 0.1) is 13.1 Å². The molecule has 1 aliphatic rings. The van der Waals surface area contributed by atoms with Crippen LogP contribution in [0.25, 0.3) is 0 Å². The largest absolute Gasteiger partial charge is 0.353 e. The van der Waals surface area contributed by atoms with Crippen LogP contribution >= 0.6 is 11.3 Å². The fourth-order valence-electron chi connectivity index (χ4n) is 2.99. The SMILES string of the molecule is CC(C)NC(=O)CN1CCN(Cc2nnc(C(=O)Nc3ccc(F)cc3)s2)CC1. The Morgan fingerprint density at radius 3 is 2.41 bits per heavy atom. The third kappa shape index (κ3) is 6.55. The summed E-state index contributed by atoms with van der Waals surface area (Å²) in [5.74, 6) is -0.669. The molecule has 0 radical (unpaired) electrons. The molecule has 1 aromatic carbocycles. The summed E-state index contributed by atoms with van der Waals surface area (Å²) in [6, 6.07) is 5.71. The lowest BCUT2D eigenvalue weighted by atomic mass is 10.3. The second-order valence-electron chi connectivity index (χ2n) is 7.24. The maximum Gasteiger partial charge on any atom is 0.286 e. The first-order chi connectivity index (χ1) is 13.9. The maximum atomic E-state index is 12.9. The number of anilines is 1. The number of aromatic nitrogens is 2. The highest BCUT2D eigenvalue weighted by atomic mass is 32.1. The van der Waals surface area contributed by atoms with Crippen molar-refractivity contribution in [3.63, 3.8) is 0 Å². The lowest BCUT2D eigenvalue weighted by molar-refractivity contribution is -0.123. The smallest absolute Gasteiger partial charge is 0.286 e. The molecule has 0 bridgehead atoms. The lowest BCUT2D eigenvalue weighted by Gasteiger charge is -2.33. The number of halogens is 1. The number of benzene rings is 1. The minimum atomic E-state index is -0.360. The summed E-state index contributed by atoms with van der Waals surface area (Å²) in [6.45, 7) is 8.20. The van der Waals surface area contributed by atoms with E-state index < -0.39 is 0 Å². The molecule has 1 aromatic heterocycles. The molecule has 2 N–H and O–H groups in total. The van der Waals surface area contributed by atoms with Gasteiger partial charge >= 0.3 is 0 Å². The molecule has 2 heterocycles. The first-order valence-corrected chi connectivity index (χ1v) is 10.3. The Morgan fingerprint density at radius 2 is 1.76 bits per heavy atom. The van der Waals surface area contributed by atoms with Crippen LogP contribution in [0.4, 0.5) is 10.1 Å². The van der Waals surface area contributed by atoms with Gasteiger partial charge in [-0.15, -0.1) is 10.2 Å². The summed E-state index contributed by atoms with van der Waals surface area (Å²) in [7, 11) is 0. The standard InChI is InChI=1S/C19H25FN6O2S/c1-13(2)21-16(27)11-25-7-9-26(10-8-25)12-17-23-24-19(29-17)18(28)22-15-5-3-14(20)4-6-15/h3-6,13H,7-12H2,1-2H3,(H,21,27)(H,22,28). The highest BCUT2D eigenvalue weighted by Gasteiger charge is 2.21. The van der Waals surface area contributed by atoms with Crippen molar-refractivity contribution in [1.29, 1.82) is 0 Å². The van der Waals surface area contributed by atoms with Crippen molar-refractivity contribution in [1.82, 2.24) is 25.3 Å². The third-order valence-electron chi connectivity index (χ3n) is 4.40. The van der Waals surface area contributed by atoms with Crippen molar-refractivity contribution in [3.05, 3.63) is 40.1 Å². The first-order valence-electron chi connectivity index (χ1n) is 9.52. The second kappa shape index (κ2) is 9.86. The fourth-order valence-corrected chi connectivity index (χ4v) is 3.77. The van der Waals surface area contributed by atoms with Gasteiger partial charge in [-0.25, -0.2) is 4.39 Å². The summed E-state index contributed by atoms with van der Waals surface area (Å²) in [4.78, 5) is 28.5. The number of piperazine rings is 1. The number of nitrogens with one attached hydrogen (secondary N) is 2. The van der Waals surface area contributed by atoms with E-state index in [9.17, 15) is 14.0 Å². The monoisotopic (exact) mass is 420 g/mol. The van der Waals surface area contributed by atoms with Crippen LogP contribution in [0.2, 0.25) is 0 Å². The van der Waals surface area contributed by atoms with E-state index in [0.29, 0.717) is 18.8 Å². The fraction of sp³-hybridized carbons (Fsp3) is 0.474. The zero-order valence-electron chi connectivity index (χ0n) is 16.5. The summed E-state index contributed by atoms with van der Waals surface area (Å²) in [5.41, 5.74) is 0.505. The Bertz CT molecular complexity index is 833. The van der Waals surface area contributed by atoms with E-state index >= 15 is 0 Å². The maximum absolute atomic E-state index is 12.9. The van der Waals surface area contributed by atoms with Gasteiger partial charge in [0, 0.05) is 37.9 Å². The van der Waals surface area contributed by atoms with Crippen LogP contribution in [-0.4, -0.2) is 70.6 Å². The Labute approximate surface area is 173 Å². The summed E-state index contributed by atoms with van der Waals surface area (Å²) >= 11 is 1.25. The molecule has 2 aromatic rings. The van der Waals surface area contributed by atoms with Gasteiger partial charge in [0.15, 0.2) is 0 Å². The normalized spacial score (nSPS) is 15.4. The van der Waals surface area contributed by atoms with Gasteiger partial charge in [0.2, 0.25) is 10.9 Å². The van der Waals surface area contributed by atoms with Gasteiger partial charge in [0.1, 0.15) is 10.8 Å². The topological polar surface area (TPSA) is 90.5 Å². The minimum absolute atomic E-state index is 0.0504. The molecule has 29 heavy (non-hydrogen) atoms. The lowest BCUT2D eigenvalue weighted by Crippen LogP contribution is -2.49. The van der Waals surface area contributed by atoms with Crippen LogP contribution in [0, 0.1) is 5.82 Å². The van der Waals surface area contributed by atoms with Crippen LogP contribution in [0.5, 0.6) is 0 Å². The molecule has 0 aliphatic carbocycles. The van der Waals surface area contributed by atoms with Crippen LogP contribution in [0.15, 0.2) is 24.3 Å². The van der Waals surface area contributed by atoms with E-state index in [-0.39, 0.29) is 28.7 Å². The highest BCUT2D eigenvalue weighted by molar-refractivity contribution is 7.13. The van der Waals surface area contributed by atoms with Crippen molar-refractivity contribution in [2.24, 2.45) is 0 Å². The molecule has 3 rings (SSSR count). The van der Waals surface area contributed by atoms with E-state index in [1.807, 2.05) is 13.8 Å². The van der Waals surface area contributed by atoms with Gasteiger partial charge < -0.3 is 10.6 Å². The number of carbonyl (C=O) groups is 2. The van der Waals surface area contributed by atoms with E-state index in [1.165, 1.54) is 35.6 Å². The van der Waals surface area contributed by atoms with Gasteiger partial charge in [-0.1, -0.05) is 11.3 Å². The molecule has 0 unspecified atom stereocenters. The molecular formula is C19H25FN6O2S. The second-order valence-corrected chi connectivity index (χ2v) is 8.30. The van der Waals surface area contributed by atoms with E-state index in [1.54, 1.807) is 0 Å². The Kier molecular flexibility index (Phi) is 7.24. The predicted octanol–water partition coefficient (Wildman–Crippen LogP) is 1.57. The number of carbonyl (C=O) groups excluding carboxylic acids is 2. The van der Waals surface area contributed by atoms with Crippen LogP contribution in [-0.2, 0) is 11.3 Å². The Morgan fingerprint density at radius 1 is 1.10 bits per heavy atom. The summed E-state index contributed by atoms with van der Waals surface area (Å²) in [6.07, 6.45) is 0. The molecule has 1 aliphatic heterocycles. The van der Waals surface area contributed by atoms with E-state index in [2.05, 4.69) is 30.6 Å². The highest BCUT2D eigenvalue weighted by Crippen LogP contribution is 2.16. The van der Waals surface area contributed by atoms with E-state index in [0.717, 1.165) is 31.2 Å². The van der Waals surface area contributed by atoms with E-state index in [4.69, 9.17) is 0 Å². The average Bonchev–Trinajstić information content (AvgIpc) is 3.13. The number of hydrogen-bond donors (Lipinski definition) is 2. The molecule has 2 amide bonds. The van der Waals surface area contributed by atoms with Crippen molar-refractivity contribution in [3.8, 4) is 0 Å². The van der Waals surface area contributed by atoms with Crippen LogP contribution < -0.4 is 10.6 Å². The molecule has 8 nitrogen and oxygen atoms in total.